The third-order valence-electron chi connectivity index (χ3n) is 6.21. The van der Waals surface area contributed by atoms with Gasteiger partial charge < -0.3 is 20.1 Å². The SMILES string of the molecule is CC.CCN(C)SNc1cccc(Oc2c(C(=O)NC3CC3)c(Nc3ccc(C)cc3F)n(C)c(=O)c2C)c1Cl. The predicted molar refractivity (Wildman–Crippen MR) is 164 cm³/mol. The molecule has 0 unspecified atom stereocenters. The maximum absolute atomic E-state index is 14.8. The average molecular weight is 590 g/mol. The van der Waals surface area contributed by atoms with Crippen LogP contribution < -0.4 is 25.7 Å². The van der Waals surface area contributed by atoms with Crippen molar-refractivity contribution in [3.63, 3.8) is 0 Å². The summed E-state index contributed by atoms with van der Waals surface area (Å²) in [4.78, 5) is 26.8. The molecule has 0 bridgehead atoms. The Kier molecular flexibility index (Phi) is 10.9. The van der Waals surface area contributed by atoms with E-state index >= 15 is 0 Å². The number of halogens is 2. The number of nitrogens with one attached hydrogen (secondary N) is 3. The van der Waals surface area contributed by atoms with Gasteiger partial charge in [-0.15, -0.1) is 0 Å². The summed E-state index contributed by atoms with van der Waals surface area (Å²) in [5.74, 6) is -0.506. The Hall–Kier alpha value is -3.21. The van der Waals surface area contributed by atoms with Crippen LogP contribution in [-0.4, -0.2) is 34.4 Å². The molecule has 1 aliphatic carbocycles. The van der Waals surface area contributed by atoms with E-state index in [1.54, 1.807) is 44.2 Å². The first-order valence-electron chi connectivity index (χ1n) is 13.3. The lowest BCUT2D eigenvalue weighted by Gasteiger charge is -2.22. The molecule has 0 atom stereocenters. The van der Waals surface area contributed by atoms with Crippen molar-refractivity contribution in [2.24, 2.45) is 7.05 Å². The number of pyridine rings is 1. The minimum Gasteiger partial charge on any atom is -0.454 e. The van der Waals surface area contributed by atoms with Crippen LogP contribution in [0.15, 0.2) is 41.2 Å². The molecule has 0 radical (unpaired) electrons. The lowest BCUT2D eigenvalue weighted by atomic mass is 10.1. The van der Waals surface area contributed by atoms with Gasteiger partial charge in [0.1, 0.15) is 28.0 Å². The molecule has 1 aromatic heterocycles. The summed E-state index contributed by atoms with van der Waals surface area (Å²) in [6.45, 7) is 10.2. The van der Waals surface area contributed by atoms with Gasteiger partial charge in [0.15, 0.2) is 5.75 Å². The van der Waals surface area contributed by atoms with Gasteiger partial charge in [0.25, 0.3) is 11.5 Å². The standard InChI is InChI=1S/C27H31ClFN5O3S.C2H6/c1-6-33(4)38-32-20-8-7-9-21(23(20)28)37-24-16(3)27(36)34(5)25(22(24)26(35)30-17-11-12-17)31-19-13-10-15(2)14-18(19)29;1-2/h7-10,13-14,17,31-32H,6,11-12H2,1-5H3,(H,30,35);1-2H3. The van der Waals surface area contributed by atoms with Gasteiger partial charge in [-0.1, -0.05) is 44.5 Å². The number of anilines is 3. The maximum Gasteiger partial charge on any atom is 0.259 e. The molecule has 1 fully saturated rings. The van der Waals surface area contributed by atoms with Gasteiger partial charge >= 0.3 is 0 Å². The molecule has 1 aliphatic rings. The Morgan fingerprint density at radius 3 is 2.52 bits per heavy atom. The van der Waals surface area contributed by atoms with Gasteiger partial charge in [-0.3, -0.25) is 14.2 Å². The summed E-state index contributed by atoms with van der Waals surface area (Å²) >= 11 is 8.05. The van der Waals surface area contributed by atoms with Crippen LogP contribution in [0.2, 0.25) is 5.02 Å². The van der Waals surface area contributed by atoms with E-state index in [9.17, 15) is 14.0 Å². The third kappa shape index (κ3) is 7.30. The van der Waals surface area contributed by atoms with Crippen LogP contribution in [0, 0.1) is 19.7 Å². The summed E-state index contributed by atoms with van der Waals surface area (Å²) in [5, 5.41) is 6.22. The van der Waals surface area contributed by atoms with Crippen LogP contribution in [0.4, 0.5) is 21.6 Å². The normalized spacial score (nSPS) is 12.4. The fraction of sp³-hybridized carbons (Fsp3) is 0.379. The second-order valence-corrected chi connectivity index (χ2v) is 10.6. The number of rotatable bonds is 10. The van der Waals surface area contributed by atoms with Gasteiger partial charge in [-0.05, 0) is 63.6 Å². The minimum atomic E-state index is -0.509. The van der Waals surface area contributed by atoms with Crippen molar-refractivity contribution < 1.29 is 13.9 Å². The van der Waals surface area contributed by atoms with Gasteiger partial charge in [0.2, 0.25) is 0 Å². The number of hydrogen-bond donors (Lipinski definition) is 3. The van der Waals surface area contributed by atoms with Crippen LogP contribution >= 0.6 is 23.7 Å². The second-order valence-electron chi connectivity index (χ2n) is 9.26. The Bertz CT molecular complexity index is 1430. The molecule has 1 saturated carbocycles. The zero-order chi connectivity index (χ0) is 29.6. The summed E-state index contributed by atoms with van der Waals surface area (Å²) in [7, 11) is 3.46. The Morgan fingerprint density at radius 2 is 1.90 bits per heavy atom. The van der Waals surface area contributed by atoms with Crippen LogP contribution in [0.5, 0.6) is 11.5 Å². The fourth-order valence-electron chi connectivity index (χ4n) is 3.70. The number of nitrogens with zero attached hydrogens (tertiary/aromatic N) is 2. The highest BCUT2D eigenvalue weighted by atomic mass is 35.5. The lowest BCUT2D eigenvalue weighted by Crippen LogP contribution is -2.31. The first-order chi connectivity index (χ1) is 19.1. The molecule has 40 heavy (non-hydrogen) atoms. The first kappa shape index (κ1) is 31.3. The smallest absolute Gasteiger partial charge is 0.259 e. The fourth-order valence-corrected chi connectivity index (χ4v) is 4.52. The third-order valence-corrected chi connectivity index (χ3v) is 7.49. The number of carbonyl (C=O) groups excluding carboxylic acids is 1. The molecule has 216 valence electrons. The Balaban J connectivity index is 0.00000216. The number of carbonyl (C=O) groups is 1. The predicted octanol–water partition coefficient (Wildman–Crippen LogP) is 7.18. The highest BCUT2D eigenvalue weighted by Gasteiger charge is 2.31. The maximum atomic E-state index is 14.8. The highest BCUT2D eigenvalue weighted by Crippen LogP contribution is 2.40. The molecule has 11 heteroatoms. The van der Waals surface area contributed by atoms with Gasteiger partial charge in [0, 0.05) is 31.8 Å². The molecule has 1 heterocycles. The molecular formula is C29H37ClFN5O3S. The molecule has 2 aromatic carbocycles. The Labute approximate surface area is 244 Å². The zero-order valence-electron chi connectivity index (χ0n) is 23.9. The molecule has 8 nitrogen and oxygen atoms in total. The zero-order valence-corrected chi connectivity index (χ0v) is 25.5. The number of hydrogen-bond acceptors (Lipinski definition) is 7. The monoisotopic (exact) mass is 589 g/mol. The highest BCUT2D eigenvalue weighted by molar-refractivity contribution is 7.98. The summed E-state index contributed by atoms with van der Waals surface area (Å²) in [6.07, 6.45) is 1.73. The summed E-state index contributed by atoms with van der Waals surface area (Å²) in [6, 6.07) is 9.95. The first-order valence-corrected chi connectivity index (χ1v) is 14.4. The molecule has 0 aliphatic heterocycles. The van der Waals surface area contributed by atoms with E-state index in [0.29, 0.717) is 5.69 Å². The van der Waals surface area contributed by atoms with E-state index in [1.807, 2.05) is 32.1 Å². The quantitative estimate of drug-likeness (QED) is 0.216. The van der Waals surface area contributed by atoms with Gasteiger partial charge in [-0.2, -0.15) is 0 Å². The molecule has 4 rings (SSSR count). The van der Waals surface area contributed by atoms with Crippen LogP contribution in [-0.2, 0) is 7.05 Å². The van der Waals surface area contributed by atoms with Crippen LogP contribution in [0.1, 0.15) is 55.1 Å². The van der Waals surface area contributed by atoms with Crippen molar-refractivity contribution in [3.8, 4) is 11.5 Å². The van der Waals surface area contributed by atoms with E-state index in [4.69, 9.17) is 16.3 Å². The van der Waals surface area contributed by atoms with Crippen LogP contribution in [0.3, 0.4) is 0 Å². The van der Waals surface area contributed by atoms with Gasteiger partial charge in [-0.25, -0.2) is 8.70 Å². The number of aryl methyl sites for hydroxylation is 1. The minimum absolute atomic E-state index is 0.0422. The van der Waals surface area contributed by atoms with Crippen molar-refractivity contribution in [1.29, 1.82) is 0 Å². The van der Waals surface area contributed by atoms with Crippen LogP contribution in [0.25, 0.3) is 0 Å². The van der Waals surface area contributed by atoms with Crippen molar-refractivity contribution in [3.05, 3.63) is 74.3 Å². The number of amides is 1. The molecule has 3 N–H and O–H groups in total. The van der Waals surface area contributed by atoms with Crippen molar-refractivity contribution in [2.75, 3.05) is 23.6 Å². The van der Waals surface area contributed by atoms with E-state index < -0.39 is 17.3 Å². The average Bonchev–Trinajstić information content (AvgIpc) is 3.76. The van der Waals surface area contributed by atoms with Crippen molar-refractivity contribution in [2.45, 2.75) is 53.5 Å². The van der Waals surface area contributed by atoms with Crippen molar-refractivity contribution >= 4 is 46.8 Å². The van der Waals surface area contributed by atoms with E-state index in [2.05, 4.69) is 15.4 Å². The molecule has 3 aromatic rings. The molecule has 0 saturated heterocycles. The van der Waals surface area contributed by atoms with E-state index in [0.717, 1.165) is 24.9 Å². The van der Waals surface area contributed by atoms with Crippen molar-refractivity contribution in [1.82, 2.24) is 14.2 Å². The summed E-state index contributed by atoms with van der Waals surface area (Å²) < 4.78 is 27.5. The largest absolute Gasteiger partial charge is 0.454 e. The molecular weight excluding hydrogens is 553 g/mol. The summed E-state index contributed by atoms with van der Waals surface area (Å²) in [5.41, 5.74) is 1.39. The van der Waals surface area contributed by atoms with E-state index in [1.165, 1.54) is 29.8 Å². The topological polar surface area (TPSA) is 87.6 Å². The lowest BCUT2D eigenvalue weighted by molar-refractivity contribution is 0.0948. The number of aromatic nitrogens is 1. The second kappa shape index (κ2) is 13.9. The number of ether oxygens (including phenoxy) is 1. The Morgan fingerprint density at radius 1 is 1.20 bits per heavy atom. The number of benzene rings is 2. The molecule has 1 amide bonds. The van der Waals surface area contributed by atoms with Gasteiger partial charge in [0.05, 0.1) is 16.9 Å². The molecule has 0 spiro atoms. The van der Waals surface area contributed by atoms with E-state index in [-0.39, 0.29) is 45.2 Å².